The summed E-state index contributed by atoms with van der Waals surface area (Å²) in [6.45, 7) is 6.48. The molecule has 1 saturated heterocycles. The first-order valence-corrected chi connectivity index (χ1v) is 10.1. The number of carbonyl (C=O) groups excluding carboxylic acids is 2. The van der Waals surface area contributed by atoms with Crippen LogP contribution in [0.5, 0.6) is 5.75 Å². The van der Waals surface area contributed by atoms with Gasteiger partial charge in [0.2, 0.25) is 0 Å². The third-order valence-electron chi connectivity index (χ3n) is 5.53. The van der Waals surface area contributed by atoms with Crippen molar-refractivity contribution < 1.29 is 14.3 Å². The molecule has 2 aromatic rings. The minimum Gasteiger partial charge on any atom is -0.484 e. The zero-order chi connectivity index (χ0) is 20.8. The van der Waals surface area contributed by atoms with Gasteiger partial charge in [-0.15, -0.1) is 0 Å². The van der Waals surface area contributed by atoms with Crippen LogP contribution in [0.4, 0.5) is 0 Å². The fourth-order valence-corrected chi connectivity index (χ4v) is 3.92. The van der Waals surface area contributed by atoms with E-state index in [-0.39, 0.29) is 18.6 Å². The van der Waals surface area contributed by atoms with E-state index in [1.165, 1.54) is 5.56 Å². The second kappa shape index (κ2) is 9.56. The van der Waals surface area contributed by atoms with E-state index in [0.717, 1.165) is 19.5 Å². The van der Waals surface area contributed by atoms with E-state index in [1.807, 2.05) is 17.9 Å². The van der Waals surface area contributed by atoms with Gasteiger partial charge in [-0.25, -0.2) is 0 Å². The molecule has 1 aliphatic rings. The Balaban J connectivity index is 1.67. The Kier molecular flexibility index (Phi) is 6.88. The van der Waals surface area contributed by atoms with Crippen LogP contribution in [0.15, 0.2) is 54.6 Å². The van der Waals surface area contributed by atoms with Crippen LogP contribution in [0, 0.1) is 0 Å². The molecule has 2 atom stereocenters. The summed E-state index contributed by atoms with van der Waals surface area (Å²) in [7, 11) is 0. The summed E-state index contributed by atoms with van der Waals surface area (Å²) >= 11 is 0. The van der Waals surface area contributed by atoms with Gasteiger partial charge in [0.15, 0.2) is 6.61 Å². The number of nitrogens with two attached hydrogens (primary N) is 1. The fraction of sp³-hybridized carbons (Fsp3) is 0.391. The molecule has 154 valence electrons. The molecule has 6 nitrogen and oxygen atoms in total. The maximum absolute atomic E-state index is 13.2. The van der Waals surface area contributed by atoms with Gasteiger partial charge in [-0.3, -0.25) is 14.5 Å². The number of amides is 2. The molecular weight excluding hydrogens is 366 g/mol. The third-order valence-corrected chi connectivity index (χ3v) is 5.53. The summed E-state index contributed by atoms with van der Waals surface area (Å²) in [5.74, 6) is -0.0943. The molecule has 2 amide bonds. The van der Waals surface area contributed by atoms with Gasteiger partial charge < -0.3 is 15.4 Å². The molecular formula is C23H29N3O3. The zero-order valence-corrected chi connectivity index (χ0v) is 17.1. The summed E-state index contributed by atoms with van der Waals surface area (Å²) < 4.78 is 5.34. The highest BCUT2D eigenvalue weighted by Gasteiger charge is 2.32. The number of ether oxygens (including phenoxy) is 1. The number of nitrogens with zero attached hydrogens (tertiary/aromatic N) is 2. The number of hydrogen-bond acceptors (Lipinski definition) is 4. The molecule has 1 fully saturated rings. The van der Waals surface area contributed by atoms with Gasteiger partial charge in [-0.2, -0.15) is 0 Å². The molecule has 0 spiro atoms. The summed E-state index contributed by atoms with van der Waals surface area (Å²) in [6.07, 6.45) is 0.953. The van der Waals surface area contributed by atoms with E-state index in [0.29, 0.717) is 23.9 Å². The standard InChI is InChI=1S/C23H29N3O3/c1-3-26(23(28)19-10-7-11-21(14-19)29-16-22(24)27)20-12-13-25(15-20)17(2)18-8-5-4-6-9-18/h4-11,14,17,20H,3,12-13,15-16H2,1-2H3,(H2,24,27). The molecule has 0 saturated carbocycles. The second-order valence-corrected chi connectivity index (χ2v) is 7.40. The average molecular weight is 396 g/mol. The Morgan fingerprint density at radius 1 is 1.21 bits per heavy atom. The smallest absolute Gasteiger partial charge is 0.255 e. The highest BCUT2D eigenvalue weighted by molar-refractivity contribution is 5.94. The lowest BCUT2D eigenvalue weighted by Gasteiger charge is -2.30. The number of benzene rings is 2. The van der Waals surface area contributed by atoms with Gasteiger partial charge in [0.25, 0.3) is 11.8 Å². The minimum atomic E-state index is -0.546. The Bertz CT molecular complexity index is 840. The van der Waals surface area contributed by atoms with Crippen LogP contribution in [0.3, 0.4) is 0 Å². The van der Waals surface area contributed by atoms with Crippen LogP contribution in [-0.2, 0) is 4.79 Å². The molecule has 0 aromatic heterocycles. The van der Waals surface area contributed by atoms with Crippen LogP contribution in [0.2, 0.25) is 0 Å². The van der Waals surface area contributed by atoms with Crippen molar-refractivity contribution in [2.24, 2.45) is 5.73 Å². The van der Waals surface area contributed by atoms with E-state index in [4.69, 9.17) is 10.5 Å². The number of likely N-dealkylation sites (N-methyl/N-ethyl adjacent to an activating group) is 1. The van der Waals surface area contributed by atoms with Crippen molar-refractivity contribution in [2.75, 3.05) is 26.2 Å². The molecule has 0 radical (unpaired) electrons. The van der Waals surface area contributed by atoms with Crippen LogP contribution in [-0.4, -0.2) is 53.9 Å². The number of hydrogen-bond donors (Lipinski definition) is 1. The van der Waals surface area contributed by atoms with Crippen molar-refractivity contribution in [2.45, 2.75) is 32.4 Å². The summed E-state index contributed by atoms with van der Waals surface area (Å²) in [6, 6.07) is 17.9. The van der Waals surface area contributed by atoms with Crippen LogP contribution in [0.25, 0.3) is 0 Å². The number of primary amides is 1. The van der Waals surface area contributed by atoms with Gasteiger partial charge in [-0.1, -0.05) is 36.4 Å². The van der Waals surface area contributed by atoms with Crippen LogP contribution < -0.4 is 10.5 Å². The van der Waals surface area contributed by atoms with E-state index in [9.17, 15) is 9.59 Å². The molecule has 0 aliphatic carbocycles. The average Bonchev–Trinajstić information content (AvgIpc) is 3.23. The normalized spacial score (nSPS) is 17.7. The summed E-state index contributed by atoms with van der Waals surface area (Å²) in [5.41, 5.74) is 6.98. The maximum Gasteiger partial charge on any atom is 0.255 e. The lowest BCUT2D eigenvalue weighted by Crippen LogP contribution is -2.42. The van der Waals surface area contributed by atoms with Gasteiger partial charge in [0, 0.05) is 37.3 Å². The maximum atomic E-state index is 13.2. The fourth-order valence-electron chi connectivity index (χ4n) is 3.92. The topological polar surface area (TPSA) is 75.9 Å². The number of rotatable bonds is 8. The Morgan fingerprint density at radius 3 is 2.66 bits per heavy atom. The number of likely N-dealkylation sites (tertiary alicyclic amines) is 1. The minimum absolute atomic E-state index is 0.0174. The molecule has 2 aromatic carbocycles. The molecule has 1 heterocycles. The van der Waals surface area contributed by atoms with E-state index >= 15 is 0 Å². The van der Waals surface area contributed by atoms with Crippen molar-refractivity contribution >= 4 is 11.8 Å². The van der Waals surface area contributed by atoms with E-state index in [2.05, 4.69) is 36.1 Å². The number of carbonyl (C=O) groups is 2. The zero-order valence-electron chi connectivity index (χ0n) is 17.1. The summed E-state index contributed by atoms with van der Waals surface area (Å²) in [4.78, 5) is 28.5. The van der Waals surface area contributed by atoms with E-state index in [1.54, 1.807) is 24.3 Å². The van der Waals surface area contributed by atoms with Gasteiger partial charge >= 0.3 is 0 Å². The molecule has 2 unspecified atom stereocenters. The van der Waals surface area contributed by atoms with Crippen molar-refractivity contribution in [3.8, 4) is 5.75 Å². The molecule has 1 aliphatic heterocycles. The predicted molar refractivity (Wildman–Crippen MR) is 113 cm³/mol. The Labute approximate surface area is 172 Å². The monoisotopic (exact) mass is 395 g/mol. The molecule has 6 heteroatoms. The van der Waals surface area contributed by atoms with Gasteiger partial charge in [0.05, 0.1) is 0 Å². The quantitative estimate of drug-likeness (QED) is 0.746. The van der Waals surface area contributed by atoms with E-state index < -0.39 is 5.91 Å². The first-order chi connectivity index (χ1) is 14.0. The lowest BCUT2D eigenvalue weighted by atomic mass is 10.1. The van der Waals surface area contributed by atoms with Gasteiger partial charge in [0.1, 0.15) is 5.75 Å². The SMILES string of the molecule is CCN(C(=O)c1cccc(OCC(N)=O)c1)C1CCN(C(C)c2ccccc2)C1. The van der Waals surface area contributed by atoms with Crippen molar-refractivity contribution in [3.63, 3.8) is 0 Å². The first-order valence-electron chi connectivity index (χ1n) is 10.1. The van der Waals surface area contributed by atoms with Crippen molar-refractivity contribution in [1.29, 1.82) is 0 Å². The largest absolute Gasteiger partial charge is 0.484 e. The third kappa shape index (κ3) is 5.15. The first kappa shape index (κ1) is 20.9. The van der Waals surface area contributed by atoms with Crippen molar-refractivity contribution in [1.82, 2.24) is 9.80 Å². The highest BCUT2D eigenvalue weighted by atomic mass is 16.5. The highest BCUT2D eigenvalue weighted by Crippen LogP contribution is 2.27. The lowest BCUT2D eigenvalue weighted by molar-refractivity contribution is -0.119. The molecule has 0 bridgehead atoms. The molecule has 3 rings (SSSR count). The second-order valence-electron chi connectivity index (χ2n) is 7.40. The van der Waals surface area contributed by atoms with Crippen molar-refractivity contribution in [3.05, 3.63) is 65.7 Å². The molecule has 29 heavy (non-hydrogen) atoms. The predicted octanol–water partition coefficient (Wildman–Crippen LogP) is 2.85. The van der Waals surface area contributed by atoms with Gasteiger partial charge in [-0.05, 0) is 44.0 Å². The summed E-state index contributed by atoms with van der Waals surface area (Å²) in [5, 5.41) is 0. The molecule has 2 N–H and O–H groups in total. The Hall–Kier alpha value is -2.86. The van der Waals surface area contributed by atoms with Crippen LogP contribution in [0.1, 0.15) is 42.2 Å². The Morgan fingerprint density at radius 2 is 1.97 bits per heavy atom. The van der Waals surface area contributed by atoms with Crippen LogP contribution >= 0.6 is 0 Å².